The molecule has 198 valence electrons. The lowest BCUT2D eigenvalue weighted by Gasteiger charge is -2.31. The number of aryl methyl sites for hydroxylation is 1. The van der Waals surface area contributed by atoms with Gasteiger partial charge < -0.3 is 24.4 Å². The predicted octanol–water partition coefficient (Wildman–Crippen LogP) is 3.29. The van der Waals surface area contributed by atoms with Crippen molar-refractivity contribution in [3.05, 3.63) is 51.8 Å². The third-order valence-electron chi connectivity index (χ3n) is 6.81. The van der Waals surface area contributed by atoms with Gasteiger partial charge in [0, 0.05) is 75.8 Å². The third kappa shape index (κ3) is 6.37. The molecule has 0 saturated carbocycles. The zero-order valence-corrected chi connectivity index (χ0v) is 22.3. The van der Waals surface area contributed by atoms with Gasteiger partial charge in [-0.25, -0.2) is 4.39 Å². The Kier molecular flexibility index (Phi) is 8.60. The fourth-order valence-electron chi connectivity index (χ4n) is 4.54. The van der Waals surface area contributed by atoms with Gasteiger partial charge in [0.2, 0.25) is 11.5 Å². The molecule has 10 heteroatoms. The van der Waals surface area contributed by atoms with Crippen molar-refractivity contribution in [1.82, 2.24) is 19.7 Å². The number of hydrogen-bond donors (Lipinski definition) is 1. The quantitative estimate of drug-likeness (QED) is 0.461. The highest BCUT2D eigenvalue weighted by atomic mass is 32.1. The van der Waals surface area contributed by atoms with Crippen LogP contribution in [-0.2, 0) is 11.8 Å². The molecule has 37 heavy (non-hydrogen) atoms. The van der Waals surface area contributed by atoms with Gasteiger partial charge in [-0.05, 0) is 48.1 Å². The highest BCUT2D eigenvalue weighted by molar-refractivity contribution is 7.21. The number of halogens is 1. The number of carbonyl (C=O) groups is 2. The molecule has 2 amide bonds. The molecule has 1 aliphatic heterocycles. The smallest absolute Gasteiger partial charge is 0.264 e. The van der Waals surface area contributed by atoms with Crippen LogP contribution in [0.2, 0.25) is 0 Å². The maximum atomic E-state index is 13.7. The Morgan fingerprint density at radius 1 is 1.19 bits per heavy atom. The number of methoxy groups -OCH3 is 1. The van der Waals surface area contributed by atoms with Crippen LogP contribution in [0.4, 0.5) is 4.39 Å². The number of amides is 2. The molecule has 1 saturated heterocycles. The monoisotopic (exact) mass is 528 g/mol. The highest BCUT2D eigenvalue weighted by Crippen LogP contribution is 2.38. The summed E-state index contributed by atoms with van der Waals surface area (Å²) in [5, 5.41) is 3.48. The van der Waals surface area contributed by atoms with Crippen molar-refractivity contribution in [2.45, 2.75) is 25.4 Å². The number of rotatable bonds is 9. The van der Waals surface area contributed by atoms with Crippen LogP contribution >= 0.6 is 11.3 Å². The Morgan fingerprint density at radius 2 is 1.95 bits per heavy atom. The van der Waals surface area contributed by atoms with Gasteiger partial charge in [0.15, 0.2) is 0 Å². The van der Waals surface area contributed by atoms with Crippen molar-refractivity contribution in [3.8, 4) is 16.9 Å². The first kappa shape index (κ1) is 26.8. The maximum Gasteiger partial charge on any atom is 0.264 e. The number of nitrogens with zero attached hydrogens (tertiary/aromatic N) is 3. The van der Waals surface area contributed by atoms with Gasteiger partial charge in [-0.2, -0.15) is 0 Å². The van der Waals surface area contributed by atoms with Crippen LogP contribution < -0.4 is 15.6 Å². The van der Waals surface area contributed by atoms with E-state index in [0.29, 0.717) is 56.2 Å². The lowest BCUT2D eigenvalue weighted by Crippen LogP contribution is -2.43. The molecule has 2 aromatic heterocycles. The number of nitrogens with one attached hydrogen (secondary N) is 1. The largest absolute Gasteiger partial charge is 0.497 e. The first-order valence-electron chi connectivity index (χ1n) is 12.4. The van der Waals surface area contributed by atoms with Gasteiger partial charge in [-0.15, -0.1) is 11.3 Å². The highest BCUT2D eigenvalue weighted by Gasteiger charge is 2.23. The number of likely N-dealkylation sites (tertiary alicyclic amines) is 1. The minimum absolute atomic E-state index is 0.104. The fourth-order valence-corrected chi connectivity index (χ4v) is 5.68. The lowest BCUT2D eigenvalue weighted by molar-refractivity contribution is -0.120. The van der Waals surface area contributed by atoms with Crippen molar-refractivity contribution in [2.75, 3.05) is 46.9 Å². The molecular formula is C27H33FN4O4S. The first-order chi connectivity index (χ1) is 17.8. The number of pyridine rings is 1. The zero-order valence-electron chi connectivity index (χ0n) is 21.5. The molecule has 0 radical (unpaired) electrons. The van der Waals surface area contributed by atoms with E-state index >= 15 is 0 Å². The van der Waals surface area contributed by atoms with E-state index in [1.54, 1.807) is 38.4 Å². The van der Waals surface area contributed by atoms with Crippen molar-refractivity contribution in [1.29, 1.82) is 0 Å². The average Bonchev–Trinajstić information content (AvgIpc) is 3.34. The minimum atomic E-state index is -0.751. The standard InChI is InChI=1S/C27H33FN4O4S/c1-29-24(33)8-11-32(13-12-31-9-6-20(28)7-10-31)27(35)23-15-19-14-21(36-3)16-22(26(19)37-23)18-4-5-25(34)30(2)17-18/h4-5,14-17,20H,6-13H2,1-3H3,(H,29,33). The molecule has 1 fully saturated rings. The molecule has 0 aliphatic carbocycles. The lowest BCUT2D eigenvalue weighted by atomic mass is 10.1. The number of ether oxygens (including phenoxy) is 1. The average molecular weight is 529 g/mol. The van der Waals surface area contributed by atoms with Crippen molar-refractivity contribution in [3.63, 3.8) is 0 Å². The van der Waals surface area contributed by atoms with Crippen molar-refractivity contribution in [2.24, 2.45) is 7.05 Å². The van der Waals surface area contributed by atoms with Crippen LogP contribution in [0.1, 0.15) is 28.9 Å². The second kappa shape index (κ2) is 11.9. The molecule has 3 aromatic rings. The van der Waals surface area contributed by atoms with Gasteiger partial charge in [-0.3, -0.25) is 14.4 Å². The van der Waals surface area contributed by atoms with E-state index in [1.807, 2.05) is 18.2 Å². The summed E-state index contributed by atoms with van der Waals surface area (Å²) in [6.45, 7) is 2.73. The fraction of sp³-hybridized carbons (Fsp3) is 0.444. The summed E-state index contributed by atoms with van der Waals surface area (Å²) in [6, 6.07) is 8.95. The SMILES string of the molecule is CNC(=O)CCN(CCN1CCC(F)CC1)C(=O)c1cc2cc(OC)cc(-c3ccc(=O)n(C)c3)c2s1. The molecule has 0 unspecified atom stereocenters. The van der Waals surface area contributed by atoms with Crippen LogP contribution in [0.15, 0.2) is 41.3 Å². The van der Waals surface area contributed by atoms with Gasteiger partial charge >= 0.3 is 0 Å². The molecule has 8 nitrogen and oxygen atoms in total. The van der Waals surface area contributed by atoms with Crippen LogP contribution in [0.3, 0.4) is 0 Å². The molecule has 0 atom stereocenters. The Bertz CT molecular complexity index is 1330. The molecule has 3 heterocycles. The predicted molar refractivity (Wildman–Crippen MR) is 144 cm³/mol. The molecule has 4 rings (SSSR count). The van der Waals surface area contributed by atoms with Gasteiger partial charge in [0.1, 0.15) is 11.9 Å². The van der Waals surface area contributed by atoms with Crippen molar-refractivity contribution < 1.29 is 18.7 Å². The van der Waals surface area contributed by atoms with Gasteiger partial charge in [0.25, 0.3) is 5.91 Å². The van der Waals surface area contributed by atoms with Gasteiger partial charge in [0.05, 0.1) is 12.0 Å². The van der Waals surface area contributed by atoms with Crippen LogP contribution in [0.25, 0.3) is 21.2 Å². The molecular weight excluding hydrogens is 495 g/mol. The van der Waals surface area contributed by atoms with Gasteiger partial charge in [-0.1, -0.05) is 0 Å². The van der Waals surface area contributed by atoms with E-state index in [4.69, 9.17) is 4.74 Å². The van der Waals surface area contributed by atoms with E-state index in [9.17, 15) is 18.8 Å². The number of alkyl halides is 1. The molecule has 1 N–H and O–H groups in total. The number of hydrogen-bond acceptors (Lipinski definition) is 6. The Balaban J connectivity index is 1.64. The first-order valence-corrected chi connectivity index (χ1v) is 13.3. The number of benzene rings is 1. The summed E-state index contributed by atoms with van der Waals surface area (Å²) in [4.78, 5) is 42.0. The van der Waals surface area contributed by atoms with E-state index < -0.39 is 6.17 Å². The number of fused-ring (bicyclic) bond motifs is 1. The van der Waals surface area contributed by atoms with E-state index in [0.717, 1.165) is 21.2 Å². The van der Waals surface area contributed by atoms with Crippen LogP contribution in [0, 0.1) is 0 Å². The molecule has 1 aliphatic rings. The number of carbonyl (C=O) groups excluding carboxylic acids is 2. The second-order valence-corrected chi connectivity index (χ2v) is 10.4. The number of thiophene rings is 1. The van der Waals surface area contributed by atoms with Crippen LogP contribution in [-0.4, -0.2) is 79.2 Å². The topological polar surface area (TPSA) is 83.9 Å². The summed E-state index contributed by atoms with van der Waals surface area (Å²) >= 11 is 1.39. The Morgan fingerprint density at radius 3 is 2.62 bits per heavy atom. The summed E-state index contributed by atoms with van der Waals surface area (Å²) in [5.74, 6) is 0.380. The maximum absolute atomic E-state index is 13.7. The zero-order chi connectivity index (χ0) is 26.5. The molecule has 0 spiro atoms. The molecule has 0 bridgehead atoms. The molecule has 1 aromatic carbocycles. The van der Waals surface area contributed by atoms with E-state index in [1.165, 1.54) is 22.0 Å². The summed E-state index contributed by atoms with van der Waals surface area (Å²) in [6.07, 6.45) is 2.25. The summed E-state index contributed by atoms with van der Waals surface area (Å²) in [7, 11) is 4.87. The van der Waals surface area contributed by atoms with E-state index in [2.05, 4.69) is 10.2 Å². The summed E-state index contributed by atoms with van der Waals surface area (Å²) < 4.78 is 21.5. The Labute approximate surface area is 219 Å². The Hall–Kier alpha value is -3.24. The van der Waals surface area contributed by atoms with E-state index in [-0.39, 0.29) is 23.8 Å². The third-order valence-corrected chi connectivity index (χ3v) is 7.98. The summed E-state index contributed by atoms with van der Waals surface area (Å²) in [5.41, 5.74) is 1.62. The normalized spacial score (nSPS) is 14.6. The number of aromatic nitrogens is 1. The minimum Gasteiger partial charge on any atom is -0.497 e. The second-order valence-electron chi connectivity index (χ2n) is 9.30. The van der Waals surface area contributed by atoms with Crippen molar-refractivity contribution >= 4 is 33.2 Å². The van der Waals surface area contributed by atoms with Crippen LogP contribution in [0.5, 0.6) is 5.75 Å². The number of piperidine rings is 1.